The van der Waals surface area contributed by atoms with E-state index in [1.807, 2.05) is 13.1 Å². The lowest BCUT2D eigenvalue weighted by Crippen LogP contribution is -2.44. The smallest absolute Gasteiger partial charge is 0.266 e. The Hall–Kier alpha value is -3.14. The molecule has 1 N–H and O–H groups in total. The summed E-state index contributed by atoms with van der Waals surface area (Å²) in [6.45, 7) is 0.170. The van der Waals surface area contributed by atoms with Crippen molar-refractivity contribution in [2.75, 3.05) is 14.2 Å². The Morgan fingerprint density at radius 3 is 2.49 bits per heavy atom. The van der Waals surface area contributed by atoms with E-state index in [9.17, 15) is 18.0 Å². The molecular formula is C29H27ClF3N3O2S. The maximum absolute atomic E-state index is 14.6. The van der Waals surface area contributed by atoms with Crippen molar-refractivity contribution in [1.82, 2.24) is 15.2 Å². The van der Waals surface area contributed by atoms with Crippen molar-refractivity contribution in [3.05, 3.63) is 81.7 Å². The van der Waals surface area contributed by atoms with E-state index in [-0.39, 0.29) is 32.6 Å². The van der Waals surface area contributed by atoms with E-state index in [2.05, 4.69) is 10.3 Å². The Kier molecular flexibility index (Phi) is 8.11. The second kappa shape index (κ2) is 11.5. The maximum Gasteiger partial charge on any atom is 0.266 e. The van der Waals surface area contributed by atoms with Gasteiger partial charge < -0.3 is 15.0 Å². The van der Waals surface area contributed by atoms with Gasteiger partial charge in [0.25, 0.3) is 5.91 Å². The van der Waals surface area contributed by atoms with Crippen LogP contribution in [0.3, 0.4) is 0 Å². The molecule has 1 fully saturated rings. The van der Waals surface area contributed by atoms with Crippen LogP contribution in [-0.4, -0.2) is 42.0 Å². The van der Waals surface area contributed by atoms with Crippen LogP contribution in [0.25, 0.3) is 21.2 Å². The number of rotatable bonds is 7. The van der Waals surface area contributed by atoms with E-state index in [1.54, 1.807) is 30.3 Å². The lowest BCUT2D eigenvalue weighted by Gasteiger charge is -2.37. The van der Waals surface area contributed by atoms with E-state index in [0.29, 0.717) is 28.5 Å². The van der Waals surface area contributed by atoms with Crippen LogP contribution < -0.4 is 10.1 Å². The highest BCUT2D eigenvalue weighted by Crippen LogP contribution is 2.40. The predicted octanol–water partition coefficient (Wildman–Crippen LogP) is 7.22. The highest BCUT2D eigenvalue weighted by atomic mass is 35.5. The first-order chi connectivity index (χ1) is 18.8. The number of ether oxygens (including phenoxy) is 1. The average molecular weight is 574 g/mol. The standard InChI is InChI=1S/C29H27ClF3N3O2S/c1-34-20-4-6-21(7-5-20)36(29(37)28-26(30)25-22(32)8-9-23(33)27(25)39-28)15-18-11-16(3-10-24(18)38-2)17-12-19(31)14-35-13-17/h3,8-14,20-21,34H,4-7,15H2,1-2H3/t20-,21+. The molecule has 2 aromatic heterocycles. The molecule has 1 amide bonds. The Morgan fingerprint density at radius 1 is 1.08 bits per heavy atom. The third-order valence-corrected chi connectivity index (χ3v) is 9.02. The topological polar surface area (TPSA) is 54.5 Å². The van der Waals surface area contributed by atoms with Gasteiger partial charge in [0.15, 0.2) is 0 Å². The number of amides is 1. The number of carbonyl (C=O) groups excluding carboxylic acids is 1. The van der Waals surface area contributed by atoms with Crippen LogP contribution in [0.4, 0.5) is 13.2 Å². The number of methoxy groups -OCH3 is 1. The highest BCUT2D eigenvalue weighted by molar-refractivity contribution is 7.21. The lowest BCUT2D eigenvalue weighted by molar-refractivity contribution is 0.0604. The van der Waals surface area contributed by atoms with Crippen molar-refractivity contribution in [3.8, 4) is 16.9 Å². The molecule has 5 rings (SSSR count). The summed E-state index contributed by atoms with van der Waals surface area (Å²) >= 11 is 7.38. The third kappa shape index (κ3) is 5.48. The van der Waals surface area contributed by atoms with Crippen LogP contribution in [0.15, 0.2) is 48.8 Å². The minimum absolute atomic E-state index is 0.0142. The van der Waals surface area contributed by atoms with Gasteiger partial charge in [-0.3, -0.25) is 9.78 Å². The molecule has 2 heterocycles. The van der Waals surface area contributed by atoms with Crippen LogP contribution in [-0.2, 0) is 6.54 Å². The van der Waals surface area contributed by atoms with Crippen molar-refractivity contribution >= 4 is 38.9 Å². The molecule has 0 spiro atoms. The van der Waals surface area contributed by atoms with Crippen molar-refractivity contribution < 1.29 is 22.7 Å². The normalized spacial score (nSPS) is 17.4. The molecule has 1 aliphatic carbocycles. The molecule has 2 aromatic carbocycles. The number of hydrogen-bond acceptors (Lipinski definition) is 5. The van der Waals surface area contributed by atoms with Gasteiger partial charge in [-0.25, -0.2) is 13.2 Å². The number of benzene rings is 2. The maximum atomic E-state index is 14.6. The summed E-state index contributed by atoms with van der Waals surface area (Å²) in [5.41, 5.74) is 2.01. The van der Waals surface area contributed by atoms with Crippen molar-refractivity contribution in [2.45, 2.75) is 44.3 Å². The molecular weight excluding hydrogens is 547 g/mol. The molecule has 0 saturated heterocycles. The van der Waals surface area contributed by atoms with E-state index in [0.717, 1.165) is 55.3 Å². The van der Waals surface area contributed by atoms with Gasteiger partial charge >= 0.3 is 0 Å². The summed E-state index contributed by atoms with van der Waals surface area (Å²) in [5.74, 6) is -1.60. The number of halogens is 4. The molecule has 204 valence electrons. The zero-order valence-electron chi connectivity index (χ0n) is 21.4. The fourth-order valence-electron chi connectivity index (χ4n) is 5.24. The molecule has 0 atom stereocenters. The van der Waals surface area contributed by atoms with E-state index >= 15 is 0 Å². The van der Waals surface area contributed by atoms with Crippen molar-refractivity contribution in [1.29, 1.82) is 0 Å². The zero-order chi connectivity index (χ0) is 27.7. The van der Waals surface area contributed by atoms with Gasteiger partial charge in [-0.05, 0) is 68.6 Å². The summed E-state index contributed by atoms with van der Waals surface area (Å²) in [6, 6.07) is 9.09. The number of pyridine rings is 1. The SMILES string of the molecule is CN[C@H]1CC[C@@H](N(Cc2cc(-c3cncc(F)c3)ccc2OC)C(=O)c2sc3c(F)ccc(F)c3c2Cl)CC1. The summed E-state index contributed by atoms with van der Waals surface area (Å²) in [5, 5.41) is 3.13. The molecule has 1 saturated carbocycles. The Morgan fingerprint density at radius 2 is 1.82 bits per heavy atom. The molecule has 39 heavy (non-hydrogen) atoms. The Labute approximate surface area is 233 Å². The largest absolute Gasteiger partial charge is 0.496 e. The van der Waals surface area contributed by atoms with Crippen LogP contribution >= 0.6 is 22.9 Å². The molecule has 4 aromatic rings. The lowest BCUT2D eigenvalue weighted by atomic mass is 9.89. The first kappa shape index (κ1) is 27.4. The van der Waals surface area contributed by atoms with Gasteiger partial charge in [-0.2, -0.15) is 0 Å². The quantitative estimate of drug-likeness (QED) is 0.254. The van der Waals surface area contributed by atoms with Crippen LogP contribution in [0.2, 0.25) is 5.02 Å². The number of nitrogens with one attached hydrogen (secondary N) is 1. The Bertz CT molecular complexity index is 1520. The second-order valence-corrected chi connectivity index (χ2v) is 11.0. The van der Waals surface area contributed by atoms with Crippen molar-refractivity contribution in [3.63, 3.8) is 0 Å². The van der Waals surface area contributed by atoms with Crippen molar-refractivity contribution in [2.24, 2.45) is 0 Å². The number of aromatic nitrogens is 1. The summed E-state index contributed by atoms with van der Waals surface area (Å²) < 4.78 is 48.6. The number of nitrogens with zero attached hydrogens (tertiary/aromatic N) is 2. The van der Waals surface area contributed by atoms with E-state index in [1.165, 1.54) is 6.07 Å². The molecule has 1 aliphatic rings. The van der Waals surface area contributed by atoms with Gasteiger partial charge in [0.1, 0.15) is 28.1 Å². The van der Waals surface area contributed by atoms with Crippen LogP contribution in [0.1, 0.15) is 40.9 Å². The van der Waals surface area contributed by atoms with Gasteiger partial charge in [-0.15, -0.1) is 11.3 Å². The average Bonchev–Trinajstić information content (AvgIpc) is 3.31. The molecule has 5 nitrogen and oxygen atoms in total. The summed E-state index contributed by atoms with van der Waals surface area (Å²) in [4.78, 5) is 19.9. The fourth-order valence-corrected chi connectivity index (χ4v) is 6.75. The monoisotopic (exact) mass is 573 g/mol. The molecule has 0 unspecified atom stereocenters. The van der Waals surface area contributed by atoms with Gasteiger partial charge in [0, 0.05) is 36.0 Å². The van der Waals surface area contributed by atoms with Crippen LogP contribution in [0.5, 0.6) is 5.75 Å². The third-order valence-electron chi connectivity index (χ3n) is 7.34. The second-order valence-electron chi connectivity index (χ2n) is 9.62. The van der Waals surface area contributed by atoms with E-state index < -0.39 is 23.4 Å². The number of carbonyl (C=O) groups is 1. The highest BCUT2D eigenvalue weighted by Gasteiger charge is 2.33. The Balaban J connectivity index is 1.56. The summed E-state index contributed by atoms with van der Waals surface area (Å²) in [7, 11) is 3.46. The number of thiophene rings is 1. The number of hydrogen-bond donors (Lipinski definition) is 1. The van der Waals surface area contributed by atoms with Gasteiger partial charge in [0.05, 0.1) is 28.4 Å². The van der Waals surface area contributed by atoms with Gasteiger partial charge in [-0.1, -0.05) is 17.7 Å². The zero-order valence-corrected chi connectivity index (χ0v) is 23.0. The molecule has 0 bridgehead atoms. The first-order valence-corrected chi connectivity index (χ1v) is 13.8. The predicted molar refractivity (Wildman–Crippen MR) is 148 cm³/mol. The minimum Gasteiger partial charge on any atom is -0.496 e. The first-order valence-electron chi connectivity index (χ1n) is 12.6. The molecule has 0 aliphatic heterocycles. The summed E-state index contributed by atoms with van der Waals surface area (Å²) in [6.07, 6.45) is 5.95. The van der Waals surface area contributed by atoms with Crippen LogP contribution in [0, 0.1) is 17.5 Å². The number of fused-ring (bicyclic) bond motifs is 1. The molecule has 10 heteroatoms. The molecule has 0 radical (unpaired) electrons. The minimum atomic E-state index is -0.675. The van der Waals surface area contributed by atoms with Gasteiger partial charge in [0.2, 0.25) is 0 Å². The fraction of sp³-hybridized carbons (Fsp3) is 0.310. The van der Waals surface area contributed by atoms with E-state index in [4.69, 9.17) is 16.3 Å².